The topological polar surface area (TPSA) is 89.2 Å². The molecule has 3 rings (SSSR count). The van der Waals surface area contributed by atoms with Gasteiger partial charge in [0.25, 0.3) is 0 Å². The molecule has 154 valence electrons. The summed E-state index contributed by atoms with van der Waals surface area (Å²) < 4.78 is 7.18. The van der Waals surface area contributed by atoms with Gasteiger partial charge in [0, 0.05) is 31.1 Å². The van der Waals surface area contributed by atoms with Crippen molar-refractivity contribution in [2.24, 2.45) is 12.0 Å². The Morgan fingerprint density at radius 1 is 1.17 bits per heavy atom. The summed E-state index contributed by atoms with van der Waals surface area (Å²) in [7, 11) is 3.62. The average molecular weight is 414 g/mol. The first-order valence-corrected chi connectivity index (χ1v) is 10.3. The van der Waals surface area contributed by atoms with Crippen LogP contribution in [0.1, 0.15) is 27.1 Å². The molecule has 0 radical (unpaired) electrons. The molecule has 3 aromatic rings. The van der Waals surface area contributed by atoms with Gasteiger partial charge in [-0.25, -0.2) is 9.98 Å². The minimum atomic E-state index is 0.544. The van der Waals surface area contributed by atoms with Gasteiger partial charge in [-0.15, -0.1) is 21.5 Å². The van der Waals surface area contributed by atoms with Crippen LogP contribution in [0.25, 0.3) is 0 Å². The molecule has 0 aliphatic heterocycles. The molecular formula is C20H27N7OS. The number of ether oxygens (including phenoxy) is 1. The maximum absolute atomic E-state index is 5.21. The van der Waals surface area contributed by atoms with Crippen molar-refractivity contribution in [1.82, 2.24) is 30.4 Å². The van der Waals surface area contributed by atoms with E-state index in [-0.39, 0.29) is 0 Å². The van der Waals surface area contributed by atoms with Crippen molar-refractivity contribution in [3.63, 3.8) is 0 Å². The van der Waals surface area contributed by atoms with Gasteiger partial charge in [-0.3, -0.25) is 0 Å². The molecular weight excluding hydrogens is 386 g/mol. The number of guanidine groups is 1. The number of aryl methyl sites for hydroxylation is 2. The Bertz CT molecular complexity index is 946. The van der Waals surface area contributed by atoms with E-state index in [1.54, 1.807) is 18.4 Å². The standard InChI is InChI=1S/C20H27N7OS/c1-14-11-22-19(29-14)9-10-21-20(24-13-18-26-25-15(2)27(18)3)23-12-16-5-7-17(28-4)8-6-16/h5-8,11H,9-10,12-13H2,1-4H3,(H2,21,23,24). The largest absolute Gasteiger partial charge is 0.497 e. The van der Waals surface area contributed by atoms with Gasteiger partial charge in [0.2, 0.25) is 0 Å². The molecule has 0 aliphatic rings. The zero-order valence-corrected chi connectivity index (χ0v) is 18.1. The lowest BCUT2D eigenvalue weighted by molar-refractivity contribution is 0.414. The first-order chi connectivity index (χ1) is 14.0. The van der Waals surface area contributed by atoms with Gasteiger partial charge in [-0.2, -0.15) is 0 Å². The van der Waals surface area contributed by atoms with Crippen LogP contribution in [0.3, 0.4) is 0 Å². The molecule has 0 saturated heterocycles. The Kier molecular flexibility index (Phi) is 7.18. The van der Waals surface area contributed by atoms with Crippen LogP contribution in [0, 0.1) is 13.8 Å². The van der Waals surface area contributed by atoms with Crippen LogP contribution >= 0.6 is 11.3 Å². The Balaban J connectivity index is 1.62. The number of benzene rings is 1. The van der Waals surface area contributed by atoms with Crippen molar-refractivity contribution in [2.75, 3.05) is 13.7 Å². The molecule has 0 bridgehead atoms. The lowest BCUT2D eigenvalue weighted by Crippen LogP contribution is -2.38. The van der Waals surface area contributed by atoms with Crippen molar-refractivity contribution in [1.29, 1.82) is 0 Å². The van der Waals surface area contributed by atoms with E-state index in [0.717, 1.165) is 46.9 Å². The number of aromatic nitrogens is 4. The lowest BCUT2D eigenvalue weighted by Gasteiger charge is -2.12. The van der Waals surface area contributed by atoms with Crippen LogP contribution in [-0.2, 0) is 26.6 Å². The van der Waals surface area contributed by atoms with E-state index in [9.17, 15) is 0 Å². The van der Waals surface area contributed by atoms with E-state index >= 15 is 0 Å². The second kappa shape index (κ2) is 10.0. The van der Waals surface area contributed by atoms with Crippen molar-refractivity contribution in [3.05, 3.63) is 57.6 Å². The summed E-state index contributed by atoms with van der Waals surface area (Å²) in [5, 5.41) is 16.2. The molecule has 2 aromatic heterocycles. The summed E-state index contributed by atoms with van der Waals surface area (Å²) in [6.45, 7) is 5.86. The highest BCUT2D eigenvalue weighted by molar-refractivity contribution is 7.11. The van der Waals surface area contributed by atoms with Crippen molar-refractivity contribution >= 4 is 17.3 Å². The third-order valence-electron chi connectivity index (χ3n) is 4.48. The number of nitrogens with one attached hydrogen (secondary N) is 2. The molecule has 2 heterocycles. The summed E-state index contributed by atoms with van der Waals surface area (Å²) in [6, 6.07) is 7.92. The van der Waals surface area contributed by atoms with E-state index in [1.165, 1.54) is 4.88 Å². The normalized spacial score (nSPS) is 11.5. The van der Waals surface area contributed by atoms with Crippen molar-refractivity contribution in [2.45, 2.75) is 33.4 Å². The molecule has 1 aromatic carbocycles. The highest BCUT2D eigenvalue weighted by atomic mass is 32.1. The fourth-order valence-electron chi connectivity index (χ4n) is 2.65. The molecule has 0 unspecified atom stereocenters. The molecule has 0 amide bonds. The molecule has 0 saturated carbocycles. The number of hydrogen-bond acceptors (Lipinski definition) is 6. The number of hydrogen-bond donors (Lipinski definition) is 2. The third kappa shape index (κ3) is 6.02. The fraction of sp³-hybridized carbons (Fsp3) is 0.400. The Morgan fingerprint density at radius 2 is 1.97 bits per heavy atom. The second-order valence-corrected chi connectivity index (χ2v) is 7.95. The highest BCUT2D eigenvalue weighted by Gasteiger charge is 2.07. The van der Waals surface area contributed by atoms with Crippen molar-refractivity contribution < 1.29 is 4.74 Å². The number of aliphatic imine (C=N–C) groups is 1. The Labute approximate surface area is 175 Å². The van der Waals surface area contributed by atoms with Gasteiger partial charge in [0.05, 0.1) is 25.2 Å². The van der Waals surface area contributed by atoms with E-state index in [0.29, 0.717) is 13.1 Å². The third-order valence-corrected chi connectivity index (χ3v) is 5.45. The minimum Gasteiger partial charge on any atom is -0.497 e. The first kappa shape index (κ1) is 20.8. The summed E-state index contributed by atoms with van der Waals surface area (Å²) in [4.78, 5) is 10.4. The predicted octanol–water partition coefficient (Wildman–Crippen LogP) is 2.38. The maximum Gasteiger partial charge on any atom is 0.191 e. The van der Waals surface area contributed by atoms with Crippen LogP contribution < -0.4 is 15.4 Å². The zero-order chi connectivity index (χ0) is 20.6. The van der Waals surface area contributed by atoms with Crippen LogP contribution in [0.15, 0.2) is 35.5 Å². The molecule has 9 heteroatoms. The maximum atomic E-state index is 5.21. The SMILES string of the molecule is COc1ccc(CN=C(NCCc2ncc(C)s2)NCc2nnc(C)n2C)cc1. The quantitative estimate of drug-likeness (QED) is 0.435. The fourth-order valence-corrected chi connectivity index (χ4v) is 3.43. The summed E-state index contributed by atoms with van der Waals surface area (Å²) >= 11 is 1.72. The lowest BCUT2D eigenvalue weighted by atomic mass is 10.2. The van der Waals surface area contributed by atoms with Gasteiger partial charge in [0.1, 0.15) is 11.6 Å². The monoisotopic (exact) mass is 413 g/mol. The Morgan fingerprint density at radius 3 is 2.59 bits per heavy atom. The Hall–Kier alpha value is -2.94. The first-order valence-electron chi connectivity index (χ1n) is 9.46. The number of nitrogens with zero attached hydrogens (tertiary/aromatic N) is 5. The van der Waals surface area contributed by atoms with Crippen LogP contribution in [0.5, 0.6) is 5.75 Å². The van der Waals surface area contributed by atoms with Gasteiger partial charge in [-0.05, 0) is 31.5 Å². The highest BCUT2D eigenvalue weighted by Crippen LogP contribution is 2.12. The number of thiazole rings is 1. The summed E-state index contributed by atoms with van der Waals surface area (Å²) in [6.07, 6.45) is 2.76. The van der Waals surface area contributed by atoms with Crippen LogP contribution in [-0.4, -0.2) is 39.4 Å². The summed E-state index contributed by atoms with van der Waals surface area (Å²) in [5.74, 6) is 3.31. The molecule has 2 N–H and O–H groups in total. The minimum absolute atomic E-state index is 0.544. The van der Waals surface area contributed by atoms with Crippen LogP contribution in [0.4, 0.5) is 0 Å². The molecule has 0 atom stereocenters. The second-order valence-electron chi connectivity index (χ2n) is 6.63. The molecule has 0 aliphatic carbocycles. The molecule has 0 spiro atoms. The van der Waals surface area contributed by atoms with E-state index in [4.69, 9.17) is 9.73 Å². The van der Waals surface area contributed by atoms with Crippen molar-refractivity contribution in [3.8, 4) is 5.75 Å². The molecule has 8 nitrogen and oxygen atoms in total. The van der Waals surface area contributed by atoms with Gasteiger partial charge < -0.3 is 19.9 Å². The smallest absolute Gasteiger partial charge is 0.191 e. The average Bonchev–Trinajstić information content (AvgIpc) is 3.29. The number of rotatable bonds is 8. The predicted molar refractivity (Wildman–Crippen MR) is 115 cm³/mol. The number of methoxy groups -OCH3 is 1. The summed E-state index contributed by atoms with van der Waals surface area (Å²) in [5.41, 5.74) is 1.11. The van der Waals surface area contributed by atoms with Crippen LogP contribution in [0.2, 0.25) is 0 Å². The van der Waals surface area contributed by atoms with Gasteiger partial charge in [0.15, 0.2) is 11.8 Å². The van der Waals surface area contributed by atoms with Gasteiger partial charge >= 0.3 is 0 Å². The molecule has 0 fully saturated rings. The van der Waals surface area contributed by atoms with E-state index < -0.39 is 0 Å². The van der Waals surface area contributed by atoms with E-state index in [1.807, 2.05) is 49.0 Å². The zero-order valence-electron chi connectivity index (χ0n) is 17.3. The van der Waals surface area contributed by atoms with Gasteiger partial charge in [-0.1, -0.05) is 12.1 Å². The molecule has 29 heavy (non-hydrogen) atoms. The van der Waals surface area contributed by atoms with E-state index in [2.05, 4.69) is 32.7 Å².